The van der Waals surface area contributed by atoms with E-state index in [1.807, 2.05) is 18.2 Å². The van der Waals surface area contributed by atoms with E-state index in [0.717, 1.165) is 18.5 Å². The zero-order chi connectivity index (χ0) is 18.0. The molecule has 0 aliphatic rings. The van der Waals surface area contributed by atoms with Crippen LogP contribution in [0.15, 0.2) is 29.6 Å². The summed E-state index contributed by atoms with van der Waals surface area (Å²) in [7, 11) is 0. The monoisotopic (exact) mass is 346 g/mol. The van der Waals surface area contributed by atoms with Crippen LogP contribution >= 0.6 is 0 Å². The molecular weight excluding hydrogens is 308 g/mol. The molecule has 3 nitrogen and oxygen atoms in total. The summed E-state index contributed by atoms with van der Waals surface area (Å²) in [6, 6.07) is 5.71. The minimum absolute atomic E-state index is 0.708. The van der Waals surface area contributed by atoms with Crippen LogP contribution in [0, 0.1) is 0 Å². The van der Waals surface area contributed by atoms with Gasteiger partial charge in [0.2, 0.25) is 0 Å². The lowest BCUT2D eigenvalue weighted by molar-refractivity contribution is 0.317. The van der Waals surface area contributed by atoms with Gasteiger partial charge in [-0.15, -0.1) is 0 Å². The maximum absolute atomic E-state index is 9.13. The van der Waals surface area contributed by atoms with E-state index in [9.17, 15) is 0 Å². The Kier molecular flexibility index (Phi) is 14.0. The predicted molar refractivity (Wildman–Crippen MR) is 107 cm³/mol. The molecular formula is C22H38N2O. The van der Waals surface area contributed by atoms with Gasteiger partial charge in [0.05, 0.1) is 5.69 Å². The maximum Gasteiger partial charge on any atom is 0.105 e. The molecule has 1 aromatic rings. The van der Waals surface area contributed by atoms with Crippen molar-refractivity contribution in [3.05, 3.63) is 30.1 Å². The Labute approximate surface area is 154 Å². The summed E-state index contributed by atoms with van der Waals surface area (Å²) >= 11 is 0. The topological polar surface area (TPSA) is 45.5 Å². The van der Waals surface area contributed by atoms with Gasteiger partial charge >= 0.3 is 0 Å². The number of hydrogen-bond acceptors (Lipinski definition) is 3. The van der Waals surface area contributed by atoms with Crippen molar-refractivity contribution in [3.63, 3.8) is 0 Å². The van der Waals surface area contributed by atoms with Crippen molar-refractivity contribution in [3.8, 4) is 0 Å². The lowest BCUT2D eigenvalue weighted by Gasteiger charge is -2.05. The van der Waals surface area contributed by atoms with Gasteiger partial charge in [-0.25, -0.2) is 0 Å². The second-order valence-corrected chi connectivity index (χ2v) is 7.11. The van der Waals surface area contributed by atoms with Crippen LogP contribution in [0.5, 0.6) is 0 Å². The van der Waals surface area contributed by atoms with Gasteiger partial charge in [0, 0.05) is 6.20 Å². The molecule has 0 spiro atoms. The smallest absolute Gasteiger partial charge is 0.105 e. The lowest BCUT2D eigenvalue weighted by Crippen LogP contribution is -2.03. The SMILES string of the molecule is CCCCCCCCCCCCCCCC/C(=N/O)c1ccccn1. The quantitative estimate of drug-likeness (QED) is 0.150. The van der Waals surface area contributed by atoms with E-state index in [2.05, 4.69) is 17.1 Å². The normalized spacial score (nSPS) is 11.8. The third-order valence-electron chi connectivity index (χ3n) is 4.85. The Bertz CT molecular complexity index is 431. The summed E-state index contributed by atoms with van der Waals surface area (Å²) < 4.78 is 0. The highest BCUT2D eigenvalue weighted by atomic mass is 16.4. The molecule has 3 heteroatoms. The van der Waals surface area contributed by atoms with Crippen LogP contribution in [0.2, 0.25) is 0 Å². The van der Waals surface area contributed by atoms with Gasteiger partial charge in [-0.05, 0) is 25.0 Å². The van der Waals surface area contributed by atoms with Crippen molar-refractivity contribution in [1.82, 2.24) is 4.98 Å². The average molecular weight is 347 g/mol. The fourth-order valence-corrected chi connectivity index (χ4v) is 3.25. The van der Waals surface area contributed by atoms with Crippen molar-refractivity contribution >= 4 is 5.71 Å². The van der Waals surface area contributed by atoms with Gasteiger partial charge in [-0.3, -0.25) is 4.98 Å². The molecule has 1 heterocycles. The van der Waals surface area contributed by atoms with E-state index in [1.165, 1.54) is 83.5 Å². The Balaban J connectivity index is 1.87. The van der Waals surface area contributed by atoms with Gasteiger partial charge in [0.15, 0.2) is 0 Å². The van der Waals surface area contributed by atoms with Crippen molar-refractivity contribution in [2.75, 3.05) is 0 Å². The number of hydrogen-bond donors (Lipinski definition) is 1. The molecule has 0 fully saturated rings. The largest absolute Gasteiger partial charge is 0.411 e. The second kappa shape index (κ2) is 16.1. The van der Waals surface area contributed by atoms with Crippen LogP contribution < -0.4 is 0 Å². The highest BCUT2D eigenvalue weighted by Gasteiger charge is 2.04. The van der Waals surface area contributed by atoms with Crippen molar-refractivity contribution in [2.45, 2.75) is 103 Å². The van der Waals surface area contributed by atoms with Crippen molar-refractivity contribution < 1.29 is 5.21 Å². The van der Waals surface area contributed by atoms with Gasteiger partial charge < -0.3 is 5.21 Å². The third kappa shape index (κ3) is 11.7. The van der Waals surface area contributed by atoms with Crippen LogP contribution in [-0.2, 0) is 0 Å². The van der Waals surface area contributed by atoms with Gasteiger partial charge in [-0.2, -0.15) is 0 Å². The van der Waals surface area contributed by atoms with E-state index in [1.54, 1.807) is 6.20 Å². The molecule has 0 radical (unpaired) electrons. The molecule has 0 aliphatic carbocycles. The molecule has 0 atom stereocenters. The number of unbranched alkanes of at least 4 members (excludes halogenated alkanes) is 13. The molecule has 142 valence electrons. The Morgan fingerprint density at radius 3 is 1.76 bits per heavy atom. The van der Waals surface area contributed by atoms with Crippen LogP contribution in [0.1, 0.15) is 109 Å². The molecule has 0 saturated heterocycles. The first-order valence-corrected chi connectivity index (χ1v) is 10.5. The minimum atomic E-state index is 0.708. The maximum atomic E-state index is 9.13. The summed E-state index contributed by atoms with van der Waals surface area (Å²) in [4.78, 5) is 4.24. The molecule has 25 heavy (non-hydrogen) atoms. The number of rotatable bonds is 16. The summed E-state index contributed by atoms with van der Waals surface area (Å²) in [5, 5.41) is 12.5. The van der Waals surface area contributed by atoms with Crippen LogP contribution in [0.4, 0.5) is 0 Å². The number of oxime groups is 1. The Hall–Kier alpha value is -1.38. The fraction of sp³-hybridized carbons (Fsp3) is 0.727. The Morgan fingerprint density at radius 1 is 0.800 bits per heavy atom. The molecule has 0 aliphatic heterocycles. The highest BCUT2D eigenvalue weighted by Crippen LogP contribution is 2.14. The molecule has 1 N–H and O–H groups in total. The molecule has 0 bridgehead atoms. The first kappa shape index (κ1) is 21.7. The van der Waals surface area contributed by atoms with Crippen LogP contribution in [-0.4, -0.2) is 15.9 Å². The van der Waals surface area contributed by atoms with E-state index in [4.69, 9.17) is 5.21 Å². The molecule has 0 saturated carbocycles. The molecule has 0 unspecified atom stereocenters. The number of pyridine rings is 1. The van der Waals surface area contributed by atoms with E-state index < -0.39 is 0 Å². The van der Waals surface area contributed by atoms with Crippen molar-refractivity contribution in [1.29, 1.82) is 0 Å². The van der Waals surface area contributed by atoms with E-state index >= 15 is 0 Å². The van der Waals surface area contributed by atoms with E-state index in [0.29, 0.717) is 5.71 Å². The zero-order valence-corrected chi connectivity index (χ0v) is 16.3. The van der Waals surface area contributed by atoms with Crippen LogP contribution in [0.25, 0.3) is 0 Å². The summed E-state index contributed by atoms with van der Waals surface area (Å²) in [5.41, 5.74) is 1.50. The lowest BCUT2D eigenvalue weighted by atomic mass is 10.0. The summed E-state index contributed by atoms with van der Waals surface area (Å²) in [6.45, 7) is 2.28. The van der Waals surface area contributed by atoms with Crippen LogP contribution in [0.3, 0.4) is 0 Å². The number of nitrogens with zero attached hydrogens (tertiary/aromatic N) is 2. The molecule has 1 aromatic heterocycles. The van der Waals surface area contributed by atoms with Crippen molar-refractivity contribution in [2.24, 2.45) is 5.16 Å². The second-order valence-electron chi connectivity index (χ2n) is 7.11. The Morgan fingerprint density at radius 2 is 1.32 bits per heavy atom. The summed E-state index contributed by atoms with van der Waals surface area (Å²) in [5.74, 6) is 0. The van der Waals surface area contributed by atoms with Gasteiger partial charge in [0.25, 0.3) is 0 Å². The molecule has 1 rings (SSSR count). The van der Waals surface area contributed by atoms with Gasteiger partial charge in [0.1, 0.15) is 5.71 Å². The third-order valence-corrected chi connectivity index (χ3v) is 4.85. The fourth-order valence-electron chi connectivity index (χ4n) is 3.25. The standard InChI is InChI=1S/C22H38N2O/c1-2-3-4-5-6-7-8-9-10-11-12-13-14-15-19-22(24-25)21-18-16-17-20-23-21/h16-18,20,25H,2-15,19H2,1H3/b24-22-. The zero-order valence-electron chi connectivity index (χ0n) is 16.3. The van der Waals surface area contributed by atoms with Gasteiger partial charge in [-0.1, -0.05) is 102 Å². The molecule has 0 amide bonds. The summed E-state index contributed by atoms with van der Waals surface area (Å²) in [6.07, 6.45) is 21.6. The average Bonchev–Trinajstić information content (AvgIpc) is 2.66. The van der Waals surface area contributed by atoms with E-state index in [-0.39, 0.29) is 0 Å². The first-order chi connectivity index (χ1) is 12.4. The first-order valence-electron chi connectivity index (χ1n) is 10.5. The molecule has 0 aromatic carbocycles. The number of aromatic nitrogens is 1. The highest BCUT2D eigenvalue weighted by molar-refractivity contribution is 5.98. The minimum Gasteiger partial charge on any atom is -0.411 e. The predicted octanol–water partition coefficient (Wildman–Crippen LogP) is 7.13.